The van der Waals surface area contributed by atoms with Crippen LogP contribution in [0.3, 0.4) is 0 Å². The second kappa shape index (κ2) is 8.35. The molecule has 0 amide bonds. The van der Waals surface area contributed by atoms with Gasteiger partial charge in [0.2, 0.25) is 0 Å². The number of carbonyl (C=O) groups is 2. The zero-order valence-corrected chi connectivity index (χ0v) is 19.9. The normalized spacial score (nSPS) is 31.5. The van der Waals surface area contributed by atoms with Gasteiger partial charge in [-0.2, -0.15) is 0 Å². The molecule has 0 spiro atoms. The SMILES string of the molecule is COC(=O)C1=CN(C)C2C(C1c1ccccc1)C1N(C)C=CC(c3ccccc3)C12C(=O)OC. The summed E-state index contributed by atoms with van der Waals surface area (Å²) >= 11 is 0. The van der Waals surface area contributed by atoms with Gasteiger partial charge in [-0.25, -0.2) is 4.79 Å². The van der Waals surface area contributed by atoms with E-state index in [4.69, 9.17) is 9.47 Å². The van der Waals surface area contributed by atoms with Gasteiger partial charge in [-0.1, -0.05) is 66.7 Å². The number of benzene rings is 2. The van der Waals surface area contributed by atoms with E-state index >= 15 is 0 Å². The van der Waals surface area contributed by atoms with Gasteiger partial charge in [0, 0.05) is 38.0 Å². The fourth-order valence-corrected chi connectivity index (χ4v) is 6.83. The van der Waals surface area contributed by atoms with E-state index in [9.17, 15) is 9.59 Å². The van der Waals surface area contributed by atoms with E-state index in [0.29, 0.717) is 5.57 Å². The summed E-state index contributed by atoms with van der Waals surface area (Å²) < 4.78 is 10.7. The van der Waals surface area contributed by atoms with Crippen molar-refractivity contribution in [1.29, 1.82) is 0 Å². The molecule has 34 heavy (non-hydrogen) atoms. The van der Waals surface area contributed by atoms with E-state index in [1.165, 1.54) is 14.2 Å². The van der Waals surface area contributed by atoms with Crippen LogP contribution < -0.4 is 0 Å². The van der Waals surface area contributed by atoms with E-state index < -0.39 is 5.41 Å². The average Bonchev–Trinajstić information content (AvgIpc) is 2.86. The number of nitrogens with zero attached hydrogens (tertiary/aromatic N) is 2. The van der Waals surface area contributed by atoms with Crippen LogP contribution >= 0.6 is 0 Å². The molecule has 2 aromatic rings. The highest BCUT2D eigenvalue weighted by Crippen LogP contribution is 2.66. The smallest absolute Gasteiger partial charge is 0.335 e. The number of carbonyl (C=O) groups excluding carboxylic acids is 2. The van der Waals surface area contributed by atoms with Crippen LogP contribution in [0.15, 0.2) is 84.7 Å². The van der Waals surface area contributed by atoms with Crippen molar-refractivity contribution < 1.29 is 19.1 Å². The largest absolute Gasteiger partial charge is 0.468 e. The molecule has 6 atom stereocenters. The van der Waals surface area contributed by atoms with Crippen molar-refractivity contribution in [3.63, 3.8) is 0 Å². The molecule has 0 saturated heterocycles. The number of hydrogen-bond acceptors (Lipinski definition) is 6. The van der Waals surface area contributed by atoms with Gasteiger partial charge >= 0.3 is 11.9 Å². The molecule has 5 rings (SSSR count). The van der Waals surface area contributed by atoms with Gasteiger partial charge in [-0.15, -0.1) is 0 Å². The highest BCUT2D eigenvalue weighted by Gasteiger charge is 2.75. The Bertz CT molecular complexity index is 1150. The molecule has 6 nitrogen and oxygen atoms in total. The van der Waals surface area contributed by atoms with Gasteiger partial charge in [0.15, 0.2) is 0 Å². The molecular formula is C28H30N2O4. The Morgan fingerprint density at radius 1 is 0.824 bits per heavy atom. The first-order valence-corrected chi connectivity index (χ1v) is 11.6. The van der Waals surface area contributed by atoms with Crippen LogP contribution in [0.2, 0.25) is 0 Å². The van der Waals surface area contributed by atoms with Crippen molar-refractivity contribution in [2.45, 2.75) is 23.9 Å². The molecular weight excluding hydrogens is 428 g/mol. The lowest BCUT2D eigenvalue weighted by molar-refractivity contribution is -0.200. The number of fused-ring (bicyclic) bond motifs is 4. The first-order valence-electron chi connectivity index (χ1n) is 11.6. The monoisotopic (exact) mass is 458 g/mol. The van der Waals surface area contributed by atoms with Crippen LogP contribution in [0.25, 0.3) is 0 Å². The number of methoxy groups -OCH3 is 2. The zero-order chi connectivity index (χ0) is 24.0. The Morgan fingerprint density at radius 3 is 2.00 bits per heavy atom. The molecule has 0 bridgehead atoms. The summed E-state index contributed by atoms with van der Waals surface area (Å²) in [6, 6.07) is 19.9. The summed E-state index contributed by atoms with van der Waals surface area (Å²) in [6.07, 6.45) is 6.05. The maximum absolute atomic E-state index is 13.8. The lowest BCUT2D eigenvalue weighted by atomic mass is 9.42. The van der Waals surface area contributed by atoms with Crippen LogP contribution in [0.4, 0.5) is 0 Å². The van der Waals surface area contributed by atoms with Crippen LogP contribution in [-0.4, -0.2) is 62.1 Å². The molecule has 2 aliphatic heterocycles. The molecule has 6 unspecified atom stereocenters. The highest BCUT2D eigenvalue weighted by atomic mass is 16.5. The van der Waals surface area contributed by atoms with Crippen LogP contribution in [-0.2, 0) is 19.1 Å². The molecule has 6 heteroatoms. The van der Waals surface area contributed by atoms with Crippen LogP contribution in [0.5, 0.6) is 0 Å². The maximum atomic E-state index is 13.8. The third-order valence-corrected chi connectivity index (χ3v) is 7.95. The number of ether oxygens (including phenoxy) is 2. The molecule has 3 aliphatic rings. The summed E-state index contributed by atoms with van der Waals surface area (Å²) in [5.41, 5.74) is 1.90. The Kier molecular flexibility index (Phi) is 5.47. The van der Waals surface area contributed by atoms with Gasteiger partial charge in [-0.05, 0) is 17.3 Å². The molecule has 1 fully saturated rings. The van der Waals surface area contributed by atoms with Crippen molar-refractivity contribution in [2.75, 3.05) is 28.3 Å². The molecule has 2 aromatic carbocycles. The van der Waals surface area contributed by atoms with Crippen molar-refractivity contribution in [2.24, 2.45) is 11.3 Å². The minimum atomic E-state index is -0.829. The second-order valence-electron chi connectivity index (χ2n) is 9.42. The summed E-state index contributed by atoms with van der Waals surface area (Å²) in [7, 11) is 6.84. The minimum Gasteiger partial charge on any atom is -0.468 e. The first kappa shape index (κ1) is 22.3. The van der Waals surface area contributed by atoms with E-state index in [-0.39, 0.29) is 41.8 Å². The molecule has 2 heterocycles. The standard InChI is InChI=1S/C28H30N2O4/c1-29-16-15-21(18-11-7-5-8-12-18)28(27(32)34-4)24(29)23-22(19-13-9-6-10-14-19)20(26(31)33-3)17-30(2)25(23)28/h5-17,21-25H,1-4H3. The van der Waals surface area contributed by atoms with Crippen molar-refractivity contribution in [1.82, 2.24) is 9.80 Å². The van der Waals surface area contributed by atoms with Crippen LogP contribution in [0.1, 0.15) is 23.0 Å². The maximum Gasteiger partial charge on any atom is 0.335 e. The lowest BCUT2D eigenvalue weighted by Crippen LogP contribution is -2.80. The molecule has 1 saturated carbocycles. The molecule has 0 aromatic heterocycles. The quantitative estimate of drug-likeness (QED) is 0.654. The van der Waals surface area contributed by atoms with E-state index in [1.807, 2.05) is 61.6 Å². The number of rotatable bonds is 4. The fourth-order valence-electron chi connectivity index (χ4n) is 6.83. The summed E-state index contributed by atoms with van der Waals surface area (Å²) in [5.74, 6) is -0.953. The predicted octanol–water partition coefficient (Wildman–Crippen LogP) is 3.54. The third-order valence-electron chi connectivity index (χ3n) is 7.95. The van der Waals surface area contributed by atoms with Gasteiger partial charge in [0.05, 0.1) is 31.9 Å². The Hall–Kier alpha value is -3.54. The second-order valence-corrected chi connectivity index (χ2v) is 9.42. The molecule has 0 radical (unpaired) electrons. The van der Waals surface area contributed by atoms with Gasteiger partial charge < -0.3 is 19.3 Å². The Morgan fingerprint density at radius 2 is 1.41 bits per heavy atom. The van der Waals surface area contributed by atoms with Gasteiger partial charge in [0.25, 0.3) is 0 Å². The summed E-state index contributed by atoms with van der Waals surface area (Å²) in [4.78, 5) is 30.9. The minimum absolute atomic E-state index is 0.0215. The van der Waals surface area contributed by atoms with Crippen LogP contribution in [0, 0.1) is 11.3 Å². The average molecular weight is 459 g/mol. The summed E-state index contributed by atoms with van der Waals surface area (Å²) in [5, 5.41) is 0. The highest BCUT2D eigenvalue weighted by molar-refractivity contribution is 5.92. The van der Waals surface area contributed by atoms with Gasteiger partial charge in [0.1, 0.15) is 5.41 Å². The number of hydrogen-bond donors (Lipinski definition) is 0. The molecule has 1 aliphatic carbocycles. The van der Waals surface area contributed by atoms with E-state index in [2.05, 4.69) is 41.4 Å². The van der Waals surface area contributed by atoms with Crippen molar-refractivity contribution in [3.8, 4) is 0 Å². The van der Waals surface area contributed by atoms with E-state index in [1.54, 1.807) is 0 Å². The predicted molar refractivity (Wildman–Crippen MR) is 129 cm³/mol. The topological polar surface area (TPSA) is 59.1 Å². The Balaban J connectivity index is 1.73. The van der Waals surface area contributed by atoms with Crippen molar-refractivity contribution in [3.05, 3.63) is 95.8 Å². The number of allylic oxidation sites excluding steroid dienone is 1. The zero-order valence-electron chi connectivity index (χ0n) is 19.9. The molecule has 0 N–H and O–H groups in total. The molecule has 176 valence electrons. The first-order chi connectivity index (χ1) is 16.5. The van der Waals surface area contributed by atoms with Gasteiger partial charge in [-0.3, -0.25) is 4.79 Å². The number of esters is 2. The van der Waals surface area contributed by atoms with Crippen molar-refractivity contribution >= 4 is 11.9 Å². The summed E-state index contributed by atoms with van der Waals surface area (Å²) in [6.45, 7) is 0. The Labute approximate surface area is 200 Å². The fraction of sp³-hybridized carbons (Fsp3) is 0.357. The van der Waals surface area contributed by atoms with E-state index in [0.717, 1.165) is 11.1 Å². The third kappa shape index (κ3) is 2.94. The lowest BCUT2D eigenvalue weighted by Gasteiger charge is -2.70.